The molecule has 4 nitrogen and oxygen atoms in total. The summed E-state index contributed by atoms with van der Waals surface area (Å²) in [5.41, 5.74) is 0. The number of hydrogen-bond acceptors (Lipinski definition) is 3. The molecule has 4 rings (SSSR count). The van der Waals surface area contributed by atoms with Crippen LogP contribution in [-0.2, 0) is 6.42 Å². The van der Waals surface area contributed by atoms with E-state index in [-0.39, 0.29) is 34.0 Å². The monoisotopic (exact) mass is 546 g/mol. The van der Waals surface area contributed by atoms with Gasteiger partial charge < -0.3 is 17.0 Å². The van der Waals surface area contributed by atoms with E-state index in [1.54, 1.807) is 0 Å². The molecule has 4 aromatic rings. The van der Waals surface area contributed by atoms with Crippen molar-refractivity contribution >= 4 is 40.2 Å². The molecule has 0 radical (unpaired) electrons. The molecule has 7 heteroatoms. The molecule has 0 unspecified atom stereocenters. The average Bonchev–Trinajstić information content (AvgIpc) is 3.30. The summed E-state index contributed by atoms with van der Waals surface area (Å²) < 4.78 is 0. The zero-order valence-electron chi connectivity index (χ0n) is 16.6. The van der Waals surface area contributed by atoms with E-state index in [0.29, 0.717) is 0 Å². The number of H-pyrrole nitrogens is 1. The number of rotatable bonds is 8. The fourth-order valence-corrected chi connectivity index (χ4v) is 8.21. The standard InChI is InChI=1S/C23H24N4P.2BrH/c1-4-12-20(13-5-1)28(21-14-6-2-7-15-21,22-16-8-3-9-17-22)19-11-10-18-23-24-26-27-25-23;;/h1-9,12-17H,10-11,18-19H2,(H,24,25,26,27);2*1H/q+1;;/p-1. The van der Waals surface area contributed by atoms with Crippen molar-refractivity contribution in [2.24, 2.45) is 0 Å². The zero-order valence-corrected chi connectivity index (χ0v) is 20.8. The Bertz CT molecular complexity index is 871. The Morgan fingerprint density at radius 3 is 1.53 bits per heavy atom. The van der Waals surface area contributed by atoms with Gasteiger partial charge in [0, 0.05) is 6.42 Å². The van der Waals surface area contributed by atoms with Crippen LogP contribution >= 0.6 is 24.2 Å². The minimum atomic E-state index is -1.72. The van der Waals surface area contributed by atoms with Crippen molar-refractivity contribution in [3.8, 4) is 0 Å². The lowest BCUT2D eigenvalue weighted by Gasteiger charge is -2.27. The van der Waals surface area contributed by atoms with Crippen LogP contribution in [0.15, 0.2) is 91.0 Å². The number of aryl methyl sites for hydroxylation is 1. The summed E-state index contributed by atoms with van der Waals surface area (Å²) in [5, 5.41) is 18.7. The number of aromatic nitrogens is 4. The van der Waals surface area contributed by atoms with Gasteiger partial charge in [-0.05, 0) is 49.2 Å². The van der Waals surface area contributed by atoms with Crippen molar-refractivity contribution < 1.29 is 17.0 Å². The highest BCUT2D eigenvalue weighted by atomic mass is 79.9. The third-order valence-electron chi connectivity index (χ3n) is 5.12. The molecule has 0 bridgehead atoms. The van der Waals surface area contributed by atoms with Crippen molar-refractivity contribution in [3.05, 3.63) is 96.8 Å². The van der Waals surface area contributed by atoms with Gasteiger partial charge >= 0.3 is 0 Å². The molecule has 1 aromatic heterocycles. The molecule has 0 aliphatic carbocycles. The minimum absolute atomic E-state index is 0. The maximum absolute atomic E-state index is 4.09. The quantitative estimate of drug-likeness (QED) is 0.265. The highest BCUT2D eigenvalue weighted by Gasteiger charge is 2.44. The number of nitrogens with one attached hydrogen (secondary N) is 1. The summed E-state index contributed by atoms with van der Waals surface area (Å²) in [7, 11) is -1.72. The molecule has 0 spiro atoms. The number of benzene rings is 3. The van der Waals surface area contributed by atoms with Crippen LogP contribution in [0.4, 0.5) is 0 Å². The van der Waals surface area contributed by atoms with Crippen LogP contribution in [0.3, 0.4) is 0 Å². The highest BCUT2D eigenvalue weighted by Crippen LogP contribution is 2.55. The Kier molecular flexibility index (Phi) is 9.83. The summed E-state index contributed by atoms with van der Waals surface area (Å²) in [6.45, 7) is 0. The molecule has 30 heavy (non-hydrogen) atoms. The van der Waals surface area contributed by atoms with Crippen molar-refractivity contribution in [1.29, 1.82) is 0 Å². The van der Waals surface area contributed by atoms with E-state index in [1.165, 1.54) is 15.9 Å². The topological polar surface area (TPSA) is 54.5 Å². The number of unbranched alkanes of at least 4 members (excludes halogenated alkanes) is 1. The van der Waals surface area contributed by atoms with E-state index in [9.17, 15) is 0 Å². The summed E-state index contributed by atoms with van der Waals surface area (Å²) in [5.74, 6) is 0.795. The van der Waals surface area contributed by atoms with E-state index >= 15 is 0 Å². The summed E-state index contributed by atoms with van der Waals surface area (Å²) in [6, 6.07) is 33.1. The normalized spacial score (nSPS) is 10.7. The van der Waals surface area contributed by atoms with E-state index < -0.39 is 7.26 Å². The van der Waals surface area contributed by atoms with Crippen LogP contribution in [0.2, 0.25) is 0 Å². The van der Waals surface area contributed by atoms with Crippen molar-refractivity contribution in [1.82, 2.24) is 20.6 Å². The summed E-state index contributed by atoms with van der Waals surface area (Å²) in [4.78, 5) is 0. The second-order valence-corrected chi connectivity index (χ2v) is 10.4. The van der Waals surface area contributed by atoms with Crippen LogP contribution in [0.5, 0.6) is 0 Å². The lowest BCUT2D eigenvalue weighted by atomic mass is 10.2. The first-order valence-corrected chi connectivity index (χ1v) is 11.6. The SMILES string of the molecule is Br.[Br-].c1ccc([P+](CCCCc2nn[nH]n2)(c2ccccc2)c2ccccc2)cc1. The van der Waals surface area contributed by atoms with Gasteiger partial charge in [0.05, 0.1) is 6.16 Å². The molecule has 3 aromatic carbocycles. The smallest absolute Gasteiger partial charge is 0.174 e. The molecule has 1 N–H and O–H groups in total. The van der Waals surface area contributed by atoms with Gasteiger partial charge in [-0.1, -0.05) is 59.8 Å². The molecule has 156 valence electrons. The summed E-state index contributed by atoms with van der Waals surface area (Å²) >= 11 is 0. The van der Waals surface area contributed by atoms with Crippen molar-refractivity contribution in [2.75, 3.05) is 6.16 Å². The fraction of sp³-hybridized carbons (Fsp3) is 0.174. The van der Waals surface area contributed by atoms with Gasteiger partial charge in [-0.15, -0.1) is 27.2 Å². The Morgan fingerprint density at radius 1 is 0.667 bits per heavy atom. The van der Waals surface area contributed by atoms with Crippen LogP contribution in [0.1, 0.15) is 18.7 Å². The Labute approximate surface area is 199 Å². The van der Waals surface area contributed by atoms with Crippen LogP contribution in [0, 0.1) is 0 Å². The van der Waals surface area contributed by atoms with Crippen LogP contribution in [0.25, 0.3) is 0 Å². The van der Waals surface area contributed by atoms with Crippen molar-refractivity contribution in [3.63, 3.8) is 0 Å². The number of tetrazole rings is 1. The number of hydrogen-bond donors (Lipinski definition) is 1. The number of aromatic amines is 1. The Hall–Kier alpha value is -1.88. The molecule has 0 amide bonds. The molecule has 0 aliphatic heterocycles. The third kappa shape index (κ3) is 5.42. The zero-order chi connectivity index (χ0) is 19.1. The molecule has 0 fully saturated rings. The first-order valence-electron chi connectivity index (χ1n) is 9.67. The van der Waals surface area contributed by atoms with Gasteiger partial charge in [0.1, 0.15) is 23.2 Å². The molecule has 0 atom stereocenters. The largest absolute Gasteiger partial charge is 1.00 e. The summed E-state index contributed by atoms with van der Waals surface area (Å²) in [6.07, 6.45) is 4.15. The number of nitrogens with zero attached hydrogens (tertiary/aromatic N) is 3. The predicted molar refractivity (Wildman–Crippen MR) is 127 cm³/mol. The van der Waals surface area contributed by atoms with Gasteiger partial charge in [0.2, 0.25) is 0 Å². The first-order chi connectivity index (χ1) is 13.9. The van der Waals surface area contributed by atoms with E-state index in [2.05, 4.69) is 112 Å². The molecule has 0 aliphatic rings. The Balaban J connectivity index is 0.00000160. The third-order valence-corrected chi connectivity index (χ3v) is 9.65. The molecular formula is C23H25Br2N4P. The van der Waals surface area contributed by atoms with Gasteiger partial charge in [0.25, 0.3) is 0 Å². The van der Waals surface area contributed by atoms with Gasteiger partial charge in [0.15, 0.2) is 5.82 Å². The second kappa shape index (κ2) is 12.1. The van der Waals surface area contributed by atoms with Gasteiger partial charge in [-0.2, -0.15) is 5.21 Å². The van der Waals surface area contributed by atoms with Crippen LogP contribution < -0.4 is 32.9 Å². The lowest BCUT2D eigenvalue weighted by Crippen LogP contribution is -3.00. The second-order valence-electron chi connectivity index (χ2n) is 6.83. The lowest BCUT2D eigenvalue weighted by molar-refractivity contribution is -0.00000585. The fourth-order valence-electron chi connectivity index (χ4n) is 3.80. The van der Waals surface area contributed by atoms with E-state index in [0.717, 1.165) is 31.2 Å². The first kappa shape index (κ1) is 24.4. The average molecular weight is 548 g/mol. The van der Waals surface area contributed by atoms with Gasteiger partial charge in [-0.3, -0.25) is 0 Å². The minimum Gasteiger partial charge on any atom is -1.00 e. The molecular weight excluding hydrogens is 523 g/mol. The van der Waals surface area contributed by atoms with Gasteiger partial charge in [-0.25, -0.2) is 0 Å². The van der Waals surface area contributed by atoms with E-state index in [4.69, 9.17) is 0 Å². The van der Waals surface area contributed by atoms with Crippen molar-refractivity contribution in [2.45, 2.75) is 19.3 Å². The maximum Gasteiger partial charge on any atom is 0.174 e. The Morgan fingerprint density at radius 2 is 1.13 bits per heavy atom. The molecule has 0 saturated heterocycles. The molecule has 0 saturated carbocycles. The van der Waals surface area contributed by atoms with E-state index in [1.807, 2.05) is 0 Å². The molecule has 1 heterocycles. The highest BCUT2D eigenvalue weighted by molar-refractivity contribution is 8.93. The maximum atomic E-state index is 4.09. The number of halogens is 2. The van der Waals surface area contributed by atoms with Crippen LogP contribution in [-0.4, -0.2) is 26.8 Å². The predicted octanol–water partition coefficient (Wildman–Crippen LogP) is 1.10.